The topological polar surface area (TPSA) is 38.7 Å². The van der Waals surface area contributed by atoms with Crippen LogP contribution >= 0.6 is 11.3 Å². The van der Waals surface area contributed by atoms with Crippen molar-refractivity contribution in [3.63, 3.8) is 0 Å². The van der Waals surface area contributed by atoms with Gasteiger partial charge in [0, 0.05) is 36.9 Å². The molecule has 0 spiro atoms. The van der Waals surface area contributed by atoms with Crippen LogP contribution in [-0.2, 0) is 5.41 Å². The maximum Gasteiger partial charge on any atom is 0.164 e. The van der Waals surface area contributed by atoms with Gasteiger partial charge in [0.1, 0.15) is 0 Å². The Morgan fingerprint density at radius 3 is 1.50 bits per heavy atom. The molecule has 0 radical (unpaired) electrons. The van der Waals surface area contributed by atoms with E-state index >= 15 is 0 Å². The molecule has 0 N–H and O–H groups in total. The van der Waals surface area contributed by atoms with Gasteiger partial charge in [-0.3, -0.25) is 0 Å². The van der Waals surface area contributed by atoms with Crippen molar-refractivity contribution in [1.82, 2.24) is 15.0 Å². The van der Waals surface area contributed by atoms with Crippen molar-refractivity contribution in [2.24, 2.45) is 0 Å². The van der Waals surface area contributed by atoms with Gasteiger partial charge in [0.05, 0.1) is 5.41 Å². The number of rotatable bonds is 6. The summed E-state index contributed by atoms with van der Waals surface area (Å²) in [5.74, 6) is 1.96. The maximum absolute atomic E-state index is 5.23. The molecular weight excluding hydrogens is 699 g/mol. The third-order valence-corrected chi connectivity index (χ3v) is 12.4. The van der Waals surface area contributed by atoms with Crippen LogP contribution in [0.25, 0.3) is 76.6 Å². The van der Waals surface area contributed by atoms with Crippen LogP contribution in [0, 0.1) is 0 Å². The van der Waals surface area contributed by atoms with Crippen LogP contribution in [0.15, 0.2) is 200 Å². The quantitative estimate of drug-likeness (QED) is 0.171. The highest BCUT2D eigenvalue weighted by Crippen LogP contribution is 2.58. The number of thiophene rings is 1. The van der Waals surface area contributed by atoms with Gasteiger partial charge >= 0.3 is 0 Å². The number of aromatic nitrogens is 3. The summed E-state index contributed by atoms with van der Waals surface area (Å²) in [7, 11) is 0. The summed E-state index contributed by atoms with van der Waals surface area (Å²) in [4.78, 5) is 15.5. The fourth-order valence-corrected chi connectivity index (χ4v) is 9.88. The second-order valence-corrected chi connectivity index (χ2v) is 15.4. The molecule has 2 heterocycles. The number of fused-ring (bicyclic) bond motifs is 6. The third-order valence-electron chi connectivity index (χ3n) is 11.2. The summed E-state index contributed by atoms with van der Waals surface area (Å²) < 4.78 is 2.44. The normalized spacial score (nSPS) is 12.8. The zero-order chi connectivity index (χ0) is 37.1. The van der Waals surface area contributed by atoms with Gasteiger partial charge in [-0.05, 0) is 62.7 Å². The Kier molecular flexibility index (Phi) is 7.58. The Balaban J connectivity index is 1.14. The first kappa shape index (κ1) is 32.4. The second-order valence-electron chi connectivity index (χ2n) is 14.3. The lowest BCUT2D eigenvalue weighted by Gasteiger charge is -2.33. The molecule has 0 amide bonds. The molecule has 0 saturated heterocycles. The summed E-state index contributed by atoms with van der Waals surface area (Å²) >= 11 is 1.84. The first-order valence-electron chi connectivity index (χ1n) is 18.9. The predicted octanol–water partition coefficient (Wildman–Crippen LogP) is 13.3. The molecule has 10 aromatic rings. The molecule has 2 aromatic heterocycles. The number of hydrogen-bond acceptors (Lipinski definition) is 4. The highest BCUT2D eigenvalue weighted by Gasteiger charge is 2.46. The van der Waals surface area contributed by atoms with E-state index in [9.17, 15) is 0 Å². The Hall–Kier alpha value is -7.01. The molecule has 3 nitrogen and oxygen atoms in total. The summed E-state index contributed by atoms with van der Waals surface area (Å²) in [5, 5.41) is 2.38. The highest BCUT2D eigenvalue weighted by atomic mass is 32.1. The van der Waals surface area contributed by atoms with Gasteiger partial charge in [0.15, 0.2) is 17.5 Å². The molecule has 11 rings (SSSR count). The summed E-state index contributed by atoms with van der Waals surface area (Å²) in [5.41, 5.74) is 12.4. The van der Waals surface area contributed by atoms with E-state index in [4.69, 9.17) is 15.0 Å². The highest BCUT2D eigenvalue weighted by molar-refractivity contribution is 7.26. The van der Waals surface area contributed by atoms with Crippen LogP contribution in [0.2, 0.25) is 0 Å². The van der Waals surface area contributed by atoms with E-state index in [1.54, 1.807) is 0 Å². The molecule has 0 saturated carbocycles. The molecule has 1 aliphatic rings. The smallest absolute Gasteiger partial charge is 0.164 e. The van der Waals surface area contributed by atoms with E-state index in [0.717, 1.165) is 22.3 Å². The number of hydrogen-bond donors (Lipinski definition) is 0. The van der Waals surface area contributed by atoms with E-state index in [1.165, 1.54) is 59.1 Å². The summed E-state index contributed by atoms with van der Waals surface area (Å²) in [6.45, 7) is 0. The van der Waals surface area contributed by atoms with Crippen molar-refractivity contribution in [3.8, 4) is 56.4 Å². The molecule has 56 heavy (non-hydrogen) atoms. The van der Waals surface area contributed by atoms with Crippen molar-refractivity contribution in [1.29, 1.82) is 0 Å². The van der Waals surface area contributed by atoms with Gasteiger partial charge in [-0.2, -0.15) is 0 Å². The maximum atomic E-state index is 5.23. The minimum atomic E-state index is -0.453. The zero-order valence-electron chi connectivity index (χ0n) is 30.3. The third kappa shape index (κ3) is 5.07. The van der Waals surface area contributed by atoms with Crippen LogP contribution in [0.3, 0.4) is 0 Å². The lowest BCUT2D eigenvalue weighted by molar-refractivity contribution is 0.770. The lowest BCUT2D eigenvalue weighted by Crippen LogP contribution is -2.28. The van der Waals surface area contributed by atoms with E-state index < -0.39 is 5.41 Å². The number of benzene rings is 8. The van der Waals surface area contributed by atoms with E-state index in [-0.39, 0.29) is 0 Å². The Labute approximate surface area is 329 Å². The van der Waals surface area contributed by atoms with E-state index in [1.807, 2.05) is 35.6 Å². The van der Waals surface area contributed by atoms with Crippen molar-refractivity contribution in [3.05, 3.63) is 222 Å². The predicted molar refractivity (Wildman–Crippen MR) is 232 cm³/mol. The molecule has 0 aliphatic heterocycles. The van der Waals surface area contributed by atoms with E-state index in [0.29, 0.717) is 17.5 Å². The fraction of sp³-hybridized carbons (Fsp3) is 0.0192. The van der Waals surface area contributed by atoms with Gasteiger partial charge in [-0.15, -0.1) is 11.3 Å². The Morgan fingerprint density at radius 1 is 0.339 bits per heavy atom. The van der Waals surface area contributed by atoms with Crippen molar-refractivity contribution >= 4 is 31.5 Å². The summed E-state index contributed by atoms with van der Waals surface area (Å²) in [6, 6.07) is 71.5. The minimum absolute atomic E-state index is 0.453. The van der Waals surface area contributed by atoms with Crippen molar-refractivity contribution in [2.75, 3.05) is 0 Å². The van der Waals surface area contributed by atoms with Crippen LogP contribution in [0.5, 0.6) is 0 Å². The van der Waals surface area contributed by atoms with Crippen molar-refractivity contribution in [2.45, 2.75) is 5.41 Å². The van der Waals surface area contributed by atoms with Gasteiger partial charge in [-0.25, -0.2) is 15.0 Å². The lowest BCUT2D eigenvalue weighted by atomic mass is 9.68. The molecule has 0 fully saturated rings. The average molecular weight is 732 g/mol. The first-order valence-corrected chi connectivity index (χ1v) is 19.8. The molecule has 0 atom stereocenters. The first-order chi connectivity index (χ1) is 27.8. The Bertz CT molecular complexity index is 3010. The molecule has 8 aromatic carbocycles. The zero-order valence-corrected chi connectivity index (χ0v) is 31.1. The molecular formula is C52H33N3S. The standard InChI is InChI=1S/C52H33N3S/c1-5-16-34(17-6-1)35-28-30-37(31-29-35)50-53-49(36-18-7-2-8-19-36)54-51(55-50)41-25-15-27-46-48(41)43-32-42-40-24-13-14-26-44(40)52(38-20-9-3-10-21-38,39-22-11-4-12-23-39)45(42)33-47(43)56-46/h1-33H. The number of nitrogens with zero attached hydrogens (tertiary/aromatic N) is 3. The molecule has 0 unspecified atom stereocenters. The van der Waals surface area contributed by atoms with Gasteiger partial charge in [0.2, 0.25) is 0 Å². The van der Waals surface area contributed by atoms with Gasteiger partial charge in [-0.1, -0.05) is 182 Å². The SMILES string of the molecule is c1ccc(-c2ccc(-c3nc(-c4ccccc4)nc(-c4cccc5sc6cc7c(cc6c45)-c4ccccc4C7(c4ccccc4)c4ccccc4)n3)cc2)cc1. The van der Waals surface area contributed by atoms with Crippen LogP contribution in [0.1, 0.15) is 22.3 Å². The van der Waals surface area contributed by atoms with Gasteiger partial charge in [0.25, 0.3) is 0 Å². The minimum Gasteiger partial charge on any atom is -0.208 e. The molecule has 1 aliphatic carbocycles. The van der Waals surface area contributed by atoms with Crippen LogP contribution < -0.4 is 0 Å². The largest absolute Gasteiger partial charge is 0.208 e. The molecule has 262 valence electrons. The van der Waals surface area contributed by atoms with Gasteiger partial charge < -0.3 is 0 Å². The van der Waals surface area contributed by atoms with Crippen molar-refractivity contribution < 1.29 is 0 Å². The molecule has 4 heteroatoms. The Morgan fingerprint density at radius 2 is 0.839 bits per heavy atom. The monoisotopic (exact) mass is 731 g/mol. The van der Waals surface area contributed by atoms with Crippen LogP contribution in [-0.4, -0.2) is 15.0 Å². The fourth-order valence-electron chi connectivity index (χ4n) is 8.73. The van der Waals surface area contributed by atoms with E-state index in [2.05, 4.69) is 176 Å². The summed E-state index contributed by atoms with van der Waals surface area (Å²) in [6.07, 6.45) is 0. The average Bonchev–Trinajstić information content (AvgIpc) is 3.79. The van der Waals surface area contributed by atoms with Crippen LogP contribution in [0.4, 0.5) is 0 Å². The second kappa shape index (κ2) is 13.1. The molecule has 0 bridgehead atoms.